The van der Waals surface area contributed by atoms with Crippen molar-refractivity contribution in [1.29, 1.82) is 5.26 Å². The zero-order valence-corrected chi connectivity index (χ0v) is 8.93. The number of ether oxygens (including phenoxy) is 1. The van der Waals surface area contributed by atoms with Gasteiger partial charge in [0.2, 0.25) is 5.88 Å². The van der Waals surface area contributed by atoms with E-state index in [0.717, 1.165) is 0 Å². The van der Waals surface area contributed by atoms with Crippen LogP contribution in [0.25, 0.3) is 0 Å². The van der Waals surface area contributed by atoms with E-state index in [-0.39, 0.29) is 0 Å². The molecule has 19 heavy (non-hydrogen) atoms. The van der Waals surface area contributed by atoms with Crippen molar-refractivity contribution in [2.24, 2.45) is 0 Å². The molecule has 104 valence electrons. The molecule has 0 fully saturated rings. The van der Waals surface area contributed by atoms with Gasteiger partial charge in [0.15, 0.2) is 5.69 Å². The van der Waals surface area contributed by atoms with Crippen molar-refractivity contribution in [1.82, 2.24) is 4.98 Å². The molecule has 1 heterocycles. The lowest BCUT2D eigenvalue weighted by molar-refractivity contribution is -0.276. The molecule has 0 aromatic carbocycles. The summed E-state index contributed by atoms with van der Waals surface area (Å²) in [7, 11) is 0. The van der Waals surface area contributed by atoms with Gasteiger partial charge in [-0.2, -0.15) is 18.4 Å². The molecule has 4 nitrogen and oxygen atoms in total. The summed E-state index contributed by atoms with van der Waals surface area (Å²) in [5.74, 6) is -1.37. The first-order valence-corrected chi connectivity index (χ1v) is 4.54. The molecule has 0 radical (unpaired) electrons. The molecule has 0 bridgehead atoms. The molecule has 0 amide bonds. The monoisotopic (exact) mass is 285 g/mol. The van der Waals surface area contributed by atoms with E-state index < -0.39 is 41.8 Å². The summed E-state index contributed by atoms with van der Waals surface area (Å²) < 4.78 is 76.7. The number of hydrogen-bond acceptors (Lipinski definition) is 4. The Hall–Kier alpha value is -2.18. The van der Waals surface area contributed by atoms with Crippen LogP contribution >= 0.6 is 0 Å². The van der Waals surface area contributed by atoms with Crippen LogP contribution in [0.1, 0.15) is 11.3 Å². The van der Waals surface area contributed by atoms with Gasteiger partial charge in [-0.3, -0.25) is 0 Å². The zero-order chi connectivity index (χ0) is 14.8. The molecule has 0 aliphatic carbocycles. The second-order valence-electron chi connectivity index (χ2n) is 3.26. The summed E-state index contributed by atoms with van der Waals surface area (Å²) in [4.78, 5) is 2.71. The van der Waals surface area contributed by atoms with Gasteiger partial charge < -0.3 is 10.5 Å². The summed E-state index contributed by atoms with van der Waals surface area (Å²) in [5, 5.41) is 8.40. The zero-order valence-electron chi connectivity index (χ0n) is 8.93. The van der Waals surface area contributed by atoms with Gasteiger partial charge in [-0.25, -0.2) is 4.98 Å². The maximum Gasteiger partial charge on any atom is 0.574 e. The van der Waals surface area contributed by atoms with Crippen molar-refractivity contribution in [3.05, 3.63) is 17.3 Å². The van der Waals surface area contributed by atoms with Gasteiger partial charge in [-0.1, -0.05) is 0 Å². The lowest BCUT2D eigenvalue weighted by Crippen LogP contribution is -2.21. The number of alkyl halides is 6. The van der Waals surface area contributed by atoms with Crippen molar-refractivity contribution < 1.29 is 31.1 Å². The summed E-state index contributed by atoms with van der Waals surface area (Å²) in [6, 6.07) is 1.80. The van der Waals surface area contributed by atoms with Crippen molar-refractivity contribution in [2.75, 3.05) is 5.73 Å². The molecule has 1 rings (SSSR count). The van der Waals surface area contributed by atoms with E-state index in [1.165, 1.54) is 6.07 Å². The fourth-order valence-corrected chi connectivity index (χ4v) is 1.16. The average Bonchev–Trinajstić information content (AvgIpc) is 2.19. The Balaban J connectivity index is 3.38. The summed E-state index contributed by atoms with van der Waals surface area (Å²) in [6.07, 6.45) is -10.9. The SMILES string of the molecule is N#CCc1c(N)cc(C(F)(F)F)nc1OC(F)(F)F. The normalized spacial score (nSPS) is 12.1. The minimum atomic E-state index is -5.24. The predicted molar refractivity (Wildman–Crippen MR) is 49.7 cm³/mol. The van der Waals surface area contributed by atoms with Gasteiger partial charge in [0.05, 0.1) is 18.1 Å². The Bertz CT molecular complexity index is 516. The Labute approximate surface area is 102 Å². The lowest BCUT2D eigenvalue weighted by atomic mass is 10.1. The second-order valence-corrected chi connectivity index (χ2v) is 3.26. The molecule has 1 aromatic heterocycles. The minimum absolute atomic E-state index is 0.343. The number of anilines is 1. The van der Waals surface area contributed by atoms with Crippen LogP contribution in [0.15, 0.2) is 6.07 Å². The Kier molecular flexibility index (Phi) is 3.78. The van der Waals surface area contributed by atoms with Crippen molar-refractivity contribution in [3.63, 3.8) is 0 Å². The van der Waals surface area contributed by atoms with E-state index in [0.29, 0.717) is 6.07 Å². The van der Waals surface area contributed by atoms with Crippen LogP contribution in [0.5, 0.6) is 5.88 Å². The lowest BCUT2D eigenvalue weighted by Gasteiger charge is -2.15. The Morgan fingerprint density at radius 1 is 1.26 bits per heavy atom. The minimum Gasteiger partial charge on any atom is -0.398 e. The first kappa shape index (κ1) is 14.9. The molecule has 0 aliphatic rings. The van der Waals surface area contributed by atoms with E-state index in [1.807, 2.05) is 0 Å². The average molecular weight is 285 g/mol. The van der Waals surface area contributed by atoms with Crippen molar-refractivity contribution in [2.45, 2.75) is 19.0 Å². The van der Waals surface area contributed by atoms with Gasteiger partial charge in [0, 0.05) is 5.69 Å². The Morgan fingerprint density at radius 2 is 1.84 bits per heavy atom. The number of nitrogens with zero attached hydrogens (tertiary/aromatic N) is 2. The van der Waals surface area contributed by atoms with E-state index in [1.54, 1.807) is 0 Å². The molecule has 0 saturated heterocycles. The molecule has 0 aliphatic heterocycles. The van der Waals surface area contributed by atoms with Crippen molar-refractivity contribution >= 4 is 5.69 Å². The molecule has 0 spiro atoms. The highest BCUT2D eigenvalue weighted by Gasteiger charge is 2.37. The van der Waals surface area contributed by atoms with E-state index in [2.05, 4.69) is 9.72 Å². The maximum atomic E-state index is 12.4. The number of nitriles is 1. The van der Waals surface area contributed by atoms with Gasteiger partial charge in [-0.15, -0.1) is 13.2 Å². The highest BCUT2D eigenvalue weighted by Crippen LogP contribution is 2.35. The van der Waals surface area contributed by atoms with Crippen LogP contribution in [0.2, 0.25) is 0 Å². The molecular formula is C9H5F6N3O. The van der Waals surface area contributed by atoms with Gasteiger partial charge >= 0.3 is 12.5 Å². The van der Waals surface area contributed by atoms with E-state index in [9.17, 15) is 26.3 Å². The van der Waals surface area contributed by atoms with Crippen LogP contribution < -0.4 is 10.5 Å². The highest BCUT2D eigenvalue weighted by molar-refractivity contribution is 5.54. The molecule has 1 aromatic rings. The quantitative estimate of drug-likeness (QED) is 0.848. The number of hydrogen-bond donors (Lipinski definition) is 1. The predicted octanol–water partition coefficient (Wildman–Crippen LogP) is 2.65. The van der Waals surface area contributed by atoms with Crippen LogP contribution in [-0.2, 0) is 12.6 Å². The molecule has 2 N–H and O–H groups in total. The smallest absolute Gasteiger partial charge is 0.398 e. The van der Waals surface area contributed by atoms with Crippen LogP contribution in [-0.4, -0.2) is 11.3 Å². The number of rotatable bonds is 2. The summed E-state index contributed by atoms with van der Waals surface area (Å²) in [6.45, 7) is 0. The number of aromatic nitrogens is 1. The third-order valence-electron chi connectivity index (χ3n) is 1.88. The van der Waals surface area contributed by atoms with Crippen LogP contribution in [0, 0.1) is 11.3 Å². The molecular weight excluding hydrogens is 280 g/mol. The molecule has 10 heteroatoms. The number of halogens is 6. The molecule has 0 saturated carbocycles. The Morgan fingerprint density at radius 3 is 2.26 bits per heavy atom. The number of nitrogens with two attached hydrogens (primary N) is 1. The van der Waals surface area contributed by atoms with Crippen LogP contribution in [0.4, 0.5) is 32.0 Å². The van der Waals surface area contributed by atoms with Crippen molar-refractivity contribution in [3.8, 4) is 11.9 Å². The fourth-order valence-electron chi connectivity index (χ4n) is 1.16. The summed E-state index contributed by atoms with van der Waals surface area (Å²) in [5.41, 5.74) is 2.35. The third-order valence-corrected chi connectivity index (χ3v) is 1.88. The number of nitrogen functional groups attached to an aromatic ring is 1. The largest absolute Gasteiger partial charge is 0.574 e. The first-order chi connectivity index (χ1) is 8.54. The van der Waals surface area contributed by atoms with E-state index >= 15 is 0 Å². The standard InChI is InChI=1S/C9H5F6N3O/c10-8(11,12)6-3-5(17)4(1-2-16)7(18-6)19-9(13,14)15/h3H,1H2,(H2,17,18). The van der Waals surface area contributed by atoms with Gasteiger partial charge in [-0.05, 0) is 6.07 Å². The van der Waals surface area contributed by atoms with Crippen LogP contribution in [0.3, 0.4) is 0 Å². The first-order valence-electron chi connectivity index (χ1n) is 4.54. The molecule has 0 atom stereocenters. The van der Waals surface area contributed by atoms with Gasteiger partial charge in [0.25, 0.3) is 0 Å². The maximum absolute atomic E-state index is 12.4. The third kappa shape index (κ3) is 3.90. The van der Waals surface area contributed by atoms with E-state index in [4.69, 9.17) is 11.0 Å². The fraction of sp³-hybridized carbons (Fsp3) is 0.333. The topological polar surface area (TPSA) is 71.9 Å². The van der Waals surface area contributed by atoms with Gasteiger partial charge in [0.1, 0.15) is 0 Å². The highest BCUT2D eigenvalue weighted by atomic mass is 19.4. The molecule has 0 unspecified atom stereocenters. The second kappa shape index (κ2) is 4.83. The number of pyridine rings is 1. The summed E-state index contributed by atoms with van der Waals surface area (Å²) >= 11 is 0.